The number of carboxylic acids is 1. The topological polar surface area (TPSA) is 56.9 Å². The Morgan fingerprint density at radius 1 is 1.40 bits per heavy atom. The van der Waals surface area contributed by atoms with Gasteiger partial charge in [-0.2, -0.15) is 0 Å². The molecule has 5 heteroatoms. The van der Waals surface area contributed by atoms with Crippen LogP contribution >= 0.6 is 0 Å². The Hall–Kier alpha value is -1.33. The molecule has 2 unspecified atom stereocenters. The van der Waals surface area contributed by atoms with E-state index in [1.165, 1.54) is 18.4 Å². The molecule has 2 atom stereocenters. The molecule has 0 amide bonds. The summed E-state index contributed by atoms with van der Waals surface area (Å²) in [5.41, 5.74) is 1.34. The van der Waals surface area contributed by atoms with Crippen LogP contribution in [0, 0.1) is 0 Å². The molecule has 0 spiro atoms. The molecule has 0 saturated carbocycles. The quantitative estimate of drug-likeness (QED) is 0.913. The van der Waals surface area contributed by atoms with Gasteiger partial charge in [-0.25, -0.2) is 0 Å². The van der Waals surface area contributed by atoms with Gasteiger partial charge in [0.2, 0.25) is 0 Å². The number of aliphatic carboxylic acids is 1. The number of hydrogen-bond acceptors (Lipinski definition) is 4. The zero-order valence-electron chi connectivity index (χ0n) is 11.9. The zero-order chi connectivity index (χ0) is 14.1. The summed E-state index contributed by atoms with van der Waals surface area (Å²) in [6.45, 7) is 5.31. The Bertz CT molecular complexity index is 477. The lowest BCUT2D eigenvalue weighted by molar-refractivity contribution is -0.143. The summed E-state index contributed by atoms with van der Waals surface area (Å²) < 4.78 is 5.55. The first-order valence-electron chi connectivity index (χ1n) is 7.44. The number of nitrogens with zero attached hydrogens (tertiary/aromatic N) is 2. The van der Waals surface area contributed by atoms with E-state index in [1.807, 2.05) is 0 Å². The van der Waals surface area contributed by atoms with Crippen molar-refractivity contribution < 1.29 is 14.3 Å². The third-order valence-corrected chi connectivity index (χ3v) is 4.72. The average molecular weight is 278 g/mol. The van der Waals surface area contributed by atoms with Gasteiger partial charge in [0.1, 0.15) is 11.8 Å². The van der Waals surface area contributed by atoms with Crippen molar-refractivity contribution in [1.29, 1.82) is 0 Å². The first-order valence-corrected chi connectivity index (χ1v) is 7.44. The maximum atomic E-state index is 11.0. The Morgan fingerprint density at radius 3 is 2.85 bits per heavy atom. The highest BCUT2D eigenvalue weighted by Gasteiger charge is 2.32. The van der Waals surface area contributed by atoms with Crippen molar-refractivity contribution in [3.63, 3.8) is 0 Å². The molecule has 0 bridgehead atoms. The van der Waals surface area contributed by atoms with E-state index in [0.29, 0.717) is 6.04 Å². The van der Waals surface area contributed by atoms with E-state index >= 15 is 0 Å². The van der Waals surface area contributed by atoms with E-state index in [0.717, 1.165) is 38.4 Å². The number of hydrogen-bond donors (Lipinski definition) is 1. The van der Waals surface area contributed by atoms with Crippen molar-refractivity contribution in [2.24, 2.45) is 0 Å². The van der Waals surface area contributed by atoms with E-state index in [1.54, 1.807) is 13.2 Å². The van der Waals surface area contributed by atoms with E-state index in [-0.39, 0.29) is 6.04 Å². The molecule has 1 saturated heterocycles. The van der Waals surface area contributed by atoms with Gasteiger partial charge in [-0.05, 0) is 25.8 Å². The smallest absolute Gasteiger partial charge is 0.320 e. The molecule has 5 nitrogen and oxygen atoms in total. The molecule has 0 aromatic carbocycles. The van der Waals surface area contributed by atoms with Crippen molar-refractivity contribution >= 4 is 5.97 Å². The molecule has 110 valence electrons. The molecule has 0 radical (unpaired) electrons. The van der Waals surface area contributed by atoms with Gasteiger partial charge in [0.25, 0.3) is 0 Å². The van der Waals surface area contributed by atoms with Gasteiger partial charge in [0.15, 0.2) is 0 Å². The summed E-state index contributed by atoms with van der Waals surface area (Å²) in [7, 11) is 0. The molecular formula is C15H22N2O3. The van der Waals surface area contributed by atoms with Crippen LogP contribution in [0.1, 0.15) is 37.1 Å². The molecule has 20 heavy (non-hydrogen) atoms. The highest BCUT2D eigenvalue weighted by Crippen LogP contribution is 2.35. The van der Waals surface area contributed by atoms with Crippen molar-refractivity contribution in [3.05, 3.63) is 23.7 Å². The third kappa shape index (κ3) is 2.47. The summed E-state index contributed by atoms with van der Waals surface area (Å²) >= 11 is 0. The van der Waals surface area contributed by atoms with E-state index in [9.17, 15) is 4.79 Å². The van der Waals surface area contributed by atoms with Crippen molar-refractivity contribution in [3.8, 4) is 0 Å². The maximum absolute atomic E-state index is 11.0. The minimum atomic E-state index is -0.728. The van der Waals surface area contributed by atoms with Crippen LogP contribution in [0.4, 0.5) is 0 Å². The molecule has 2 aliphatic rings. The maximum Gasteiger partial charge on any atom is 0.320 e. The second kappa shape index (κ2) is 5.58. The molecule has 1 aromatic rings. The predicted octanol–water partition coefficient (Wildman–Crippen LogP) is 1.75. The number of piperazine rings is 1. The number of fused-ring (bicyclic) bond motifs is 1. The molecule has 3 rings (SSSR count). The molecule has 1 aliphatic carbocycles. The number of carbonyl (C=O) groups is 1. The minimum Gasteiger partial charge on any atom is -0.480 e. The lowest BCUT2D eigenvalue weighted by Gasteiger charge is -2.41. The van der Waals surface area contributed by atoms with Crippen LogP contribution in [0.15, 0.2) is 16.7 Å². The van der Waals surface area contributed by atoms with Gasteiger partial charge in [-0.15, -0.1) is 0 Å². The van der Waals surface area contributed by atoms with Crippen LogP contribution in [0.5, 0.6) is 0 Å². The number of rotatable bonds is 3. The first-order chi connectivity index (χ1) is 9.66. The number of carboxylic acid groups (broad SMARTS) is 1. The second-order valence-corrected chi connectivity index (χ2v) is 5.79. The van der Waals surface area contributed by atoms with Crippen molar-refractivity contribution in [1.82, 2.24) is 9.80 Å². The lowest BCUT2D eigenvalue weighted by Crippen LogP contribution is -2.52. The largest absolute Gasteiger partial charge is 0.480 e. The highest BCUT2D eigenvalue weighted by atomic mass is 16.4. The van der Waals surface area contributed by atoms with Crippen LogP contribution in [0.3, 0.4) is 0 Å². The molecule has 1 aliphatic heterocycles. The standard InChI is InChI=1S/C15H22N2O3/c1-11(15(18)19)16-6-8-17(9-7-16)13-3-2-4-14-12(13)5-10-20-14/h5,10-11,13H,2-4,6-9H2,1H3,(H,18,19). The van der Waals surface area contributed by atoms with Gasteiger partial charge in [0, 0.05) is 44.2 Å². The summed E-state index contributed by atoms with van der Waals surface area (Å²) in [6.07, 6.45) is 5.21. The molecule has 1 fully saturated rings. The van der Waals surface area contributed by atoms with Crippen LogP contribution in [-0.2, 0) is 11.2 Å². The number of furan rings is 1. The van der Waals surface area contributed by atoms with Crippen molar-refractivity contribution in [2.75, 3.05) is 26.2 Å². The van der Waals surface area contributed by atoms with E-state index < -0.39 is 5.97 Å². The fourth-order valence-corrected chi connectivity index (χ4v) is 3.43. The van der Waals surface area contributed by atoms with Crippen LogP contribution < -0.4 is 0 Å². The molecular weight excluding hydrogens is 256 g/mol. The van der Waals surface area contributed by atoms with E-state index in [2.05, 4.69) is 15.9 Å². The molecule has 1 N–H and O–H groups in total. The highest BCUT2D eigenvalue weighted by molar-refractivity contribution is 5.72. The Labute approximate surface area is 119 Å². The van der Waals surface area contributed by atoms with Crippen LogP contribution in [-0.4, -0.2) is 53.1 Å². The second-order valence-electron chi connectivity index (χ2n) is 5.79. The SMILES string of the molecule is CC(C(=O)O)N1CCN(C2CCCc3occc32)CC1. The Balaban J connectivity index is 1.64. The number of aryl methyl sites for hydroxylation is 1. The average Bonchev–Trinajstić information content (AvgIpc) is 2.95. The van der Waals surface area contributed by atoms with Gasteiger partial charge in [0.05, 0.1) is 6.26 Å². The minimum absolute atomic E-state index is 0.381. The van der Waals surface area contributed by atoms with Crippen LogP contribution in [0.25, 0.3) is 0 Å². The van der Waals surface area contributed by atoms with Gasteiger partial charge >= 0.3 is 5.97 Å². The molecule has 1 aromatic heterocycles. The summed E-state index contributed by atoms with van der Waals surface area (Å²) in [6, 6.07) is 2.18. The van der Waals surface area contributed by atoms with E-state index in [4.69, 9.17) is 9.52 Å². The zero-order valence-corrected chi connectivity index (χ0v) is 11.9. The Morgan fingerprint density at radius 2 is 2.15 bits per heavy atom. The summed E-state index contributed by atoms with van der Waals surface area (Å²) in [5.74, 6) is 0.413. The normalized spacial score (nSPS) is 26.1. The first kappa shape index (κ1) is 13.6. The Kier molecular flexibility index (Phi) is 3.81. The molecule has 2 heterocycles. The summed E-state index contributed by atoms with van der Waals surface area (Å²) in [4.78, 5) is 15.6. The van der Waals surface area contributed by atoms with Gasteiger partial charge in [-0.1, -0.05) is 0 Å². The van der Waals surface area contributed by atoms with Crippen molar-refractivity contribution in [2.45, 2.75) is 38.3 Å². The fourth-order valence-electron chi connectivity index (χ4n) is 3.43. The van der Waals surface area contributed by atoms with Crippen LogP contribution in [0.2, 0.25) is 0 Å². The predicted molar refractivity (Wildman–Crippen MR) is 74.6 cm³/mol. The fraction of sp³-hybridized carbons (Fsp3) is 0.667. The monoisotopic (exact) mass is 278 g/mol. The third-order valence-electron chi connectivity index (χ3n) is 4.72. The van der Waals surface area contributed by atoms with Gasteiger partial charge in [-0.3, -0.25) is 14.6 Å². The van der Waals surface area contributed by atoms with Gasteiger partial charge < -0.3 is 9.52 Å². The summed E-state index contributed by atoms with van der Waals surface area (Å²) in [5, 5.41) is 9.08. The lowest BCUT2D eigenvalue weighted by atomic mass is 9.91.